The van der Waals surface area contributed by atoms with E-state index in [4.69, 9.17) is 0 Å². The lowest BCUT2D eigenvalue weighted by molar-refractivity contribution is -0.974. The van der Waals surface area contributed by atoms with Crippen LogP contribution in [0.15, 0.2) is 12.2 Å². The zero-order valence-electron chi connectivity index (χ0n) is 27.6. The molecule has 0 aliphatic heterocycles. The fourth-order valence-corrected chi connectivity index (χ4v) is 6.78. The molecule has 7 heteroatoms. The lowest BCUT2D eigenvalue weighted by Crippen LogP contribution is -2.73. The van der Waals surface area contributed by atoms with Gasteiger partial charge in [0.05, 0.1) is 12.5 Å². The average molecular weight is 596 g/mol. The van der Waals surface area contributed by atoms with Crippen molar-refractivity contribution in [3.63, 3.8) is 0 Å². The average Bonchev–Trinajstić information content (AvgIpc) is 2.94. The largest absolute Gasteiger partial charge is 0.544 e. The van der Waals surface area contributed by atoms with Crippen molar-refractivity contribution >= 4 is 17.9 Å². The Morgan fingerprint density at radius 3 is 1.19 bits per heavy atom. The molecular formula is C35H65NO6. The number of hydrogen-bond donors (Lipinski definition) is 2. The number of unbranched alkanes of at least 4 members (excludes halogenated alkanes) is 17. The molecule has 0 aliphatic rings. The molecule has 0 amide bonds. The van der Waals surface area contributed by atoms with Gasteiger partial charge in [0.15, 0.2) is 12.1 Å². The van der Waals surface area contributed by atoms with Gasteiger partial charge in [0.25, 0.3) is 0 Å². The molecule has 2 N–H and O–H groups in total. The van der Waals surface area contributed by atoms with E-state index in [1.54, 1.807) is 20.8 Å². The zero-order chi connectivity index (χ0) is 31.6. The maximum Gasteiger partial charge on any atom is 0.362 e. The standard InChI is InChI=1S/C35H65NO6/c1-5-9-10-11-12-13-14-15-16-17-18-19-20-21-22-23-24-25-26-27-28-29-36(30(6-2)33(37)38,31(7-3)34(39)40)32(8-4)35(41)42/h21-22,30-32H,5-20,23-29H2,1-4H3,(H2-,37,38,39,40,41,42)/b22-21-. The van der Waals surface area contributed by atoms with Crippen molar-refractivity contribution in [2.45, 2.75) is 187 Å². The van der Waals surface area contributed by atoms with Crippen LogP contribution in [0.25, 0.3) is 0 Å². The molecule has 0 aliphatic carbocycles. The van der Waals surface area contributed by atoms with Crippen molar-refractivity contribution in [2.75, 3.05) is 6.54 Å². The number of carbonyl (C=O) groups is 3. The first-order valence-electron chi connectivity index (χ1n) is 17.4. The first kappa shape index (κ1) is 40.1. The summed E-state index contributed by atoms with van der Waals surface area (Å²) in [7, 11) is 0. The Kier molecular flexibility index (Phi) is 24.4. The lowest BCUT2D eigenvalue weighted by atomic mass is 9.94. The number of allylic oxidation sites excluding steroid dienone is 2. The van der Waals surface area contributed by atoms with Crippen LogP contribution in [-0.4, -0.2) is 57.3 Å². The summed E-state index contributed by atoms with van der Waals surface area (Å²) in [4.78, 5) is 36.7. The number of aliphatic carboxylic acids is 3. The number of carbonyl (C=O) groups excluding carboxylic acids is 1. The van der Waals surface area contributed by atoms with E-state index in [-0.39, 0.29) is 25.8 Å². The summed E-state index contributed by atoms with van der Waals surface area (Å²) < 4.78 is -0.474. The third kappa shape index (κ3) is 15.5. The van der Waals surface area contributed by atoms with Crippen molar-refractivity contribution in [2.24, 2.45) is 0 Å². The highest BCUT2D eigenvalue weighted by Gasteiger charge is 2.53. The minimum atomic E-state index is -1.37. The summed E-state index contributed by atoms with van der Waals surface area (Å²) in [5.41, 5.74) is 0. The van der Waals surface area contributed by atoms with Gasteiger partial charge < -0.3 is 20.1 Å². The van der Waals surface area contributed by atoms with Crippen molar-refractivity contribution in [3.05, 3.63) is 12.2 Å². The normalized spacial score (nSPS) is 15.3. The number of carboxylic acid groups (broad SMARTS) is 3. The number of quaternary nitrogens is 1. The predicted molar refractivity (Wildman–Crippen MR) is 170 cm³/mol. The van der Waals surface area contributed by atoms with E-state index >= 15 is 0 Å². The second kappa shape index (κ2) is 25.6. The van der Waals surface area contributed by atoms with Crippen LogP contribution in [0.2, 0.25) is 0 Å². The molecule has 246 valence electrons. The SMILES string of the molecule is CCCCCCCCCCCCCC/C=C\CCCCCCC[N+](C(CC)C(=O)[O-])(C(CC)C(=O)O)C(CC)C(=O)O. The molecule has 0 fully saturated rings. The van der Waals surface area contributed by atoms with E-state index in [0.717, 1.165) is 38.5 Å². The van der Waals surface area contributed by atoms with Crippen LogP contribution >= 0.6 is 0 Å². The van der Waals surface area contributed by atoms with Gasteiger partial charge in [0.2, 0.25) is 0 Å². The van der Waals surface area contributed by atoms with Crippen LogP contribution in [0, 0.1) is 0 Å². The Hall–Kier alpha value is -1.89. The Bertz CT molecular complexity index is 682. The molecule has 0 saturated heterocycles. The van der Waals surface area contributed by atoms with Crippen LogP contribution in [0.3, 0.4) is 0 Å². The number of carboxylic acids is 3. The molecule has 0 rings (SSSR count). The maximum absolute atomic E-state index is 12.3. The smallest absolute Gasteiger partial charge is 0.362 e. The molecule has 0 spiro atoms. The molecule has 3 unspecified atom stereocenters. The summed E-state index contributed by atoms with van der Waals surface area (Å²) in [5.74, 6) is -3.66. The van der Waals surface area contributed by atoms with E-state index in [9.17, 15) is 29.7 Å². The monoisotopic (exact) mass is 595 g/mol. The third-order valence-electron chi connectivity index (χ3n) is 9.05. The van der Waals surface area contributed by atoms with Crippen LogP contribution in [0.1, 0.15) is 169 Å². The van der Waals surface area contributed by atoms with Gasteiger partial charge in [-0.3, -0.25) is 4.48 Å². The summed E-state index contributed by atoms with van der Waals surface area (Å²) >= 11 is 0. The predicted octanol–water partition coefficient (Wildman–Crippen LogP) is 8.05. The number of nitrogens with zero attached hydrogens (tertiary/aromatic N) is 1. The van der Waals surface area contributed by atoms with Crippen LogP contribution < -0.4 is 5.11 Å². The Morgan fingerprint density at radius 2 is 0.881 bits per heavy atom. The minimum Gasteiger partial charge on any atom is -0.544 e. The molecule has 42 heavy (non-hydrogen) atoms. The molecule has 0 bridgehead atoms. The van der Waals surface area contributed by atoms with Crippen LogP contribution in [-0.2, 0) is 14.4 Å². The van der Waals surface area contributed by atoms with E-state index in [2.05, 4.69) is 19.1 Å². The molecule has 3 atom stereocenters. The van der Waals surface area contributed by atoms with E-state index in [1.165, 1.54) is 77.0 Å². The summed E-state index contributed by atoms with van der Waals surface area (Å²) in [6.07, 6.45) is 28.2. The fourth-order valence-electron chi connectivity index (χ4n) is 6.78. The van der Waals surface area contributed by atoms with E-state index in [1.807, 2.05) is 0 Å². The molecule has 0 heterocycles. The van der Waals surface area contributed by atoms with Crippen molar-refractivity contribution in [1.29, 1.82) is 0 Å². The number of hydrogen-bond acceptors (Lipinski definition) is 4. The zero-order valence-corrected chi connectivity index (χ0v) is 27.6. The second-order valence-electron chi connectivity index (χ2n) is 12.2. The highest BCUT2D eigenvalue weighted by molar-refractivity contribution is 5.77. The van der Waals surface area contributed by atoms with Crippen LogP contribution in [0.5, 0.6) is 0 Å². The van der Waals surface area contributed by atoms with Crippen LogP contribution in [0.4, 0.5) is 0 Å². The van der Waals surface area contributed by atoms with Crippen molar-refractivity contribution in [1.82, 2.24) is 0 Å². The molecule has 7 nitrogen and oxygen atoms in total. The topological polar surface area (TPSA) is 115 Å². The molecular weight excluding hydrogens is 530 g/mol. The minimum absolute atomic E-state index is 0.126. The lowest BCUT2D eigenvalue weighted by Gasteiger charge is -2.51. The van der Waals surface area contributed by atoms with Gasteiger partial charge in [-0.15, -0.1) is 0 Å². The van der Waals surface area contributed by atoms with Gasteiger partial charge in [-0.1, -0.05) is 123 Å². The van der Waals surface area contributed by atoms with E-state index < -0.39 is 40.5 Å². The molecule has 0 radical (unpaired) electrons. The first-order chi connectivity index (χ1) is 20.2. The van der Waals surface area contributed by atoms with E-state index in [0.29, 0.717) is 6.42 Å². The first-order valence-corrected chi connectivity index (χ1v) is 17.4. The van der Waals surface area contributed by atoms with Gasteiger partial charge >= 0.3 is 11.9 Å². The van der Waals surface area contributed by atoms with Gasteiger partial charge in [-0.25, -0.2) is 9.59 Å². The Balaban J connectivity index is 4.41. The summed E-state index contributed by atoms with van der Waals surface area (Å²) in [5, 5.41) is 32.2. The van der Waals surface area contributed by atoms with Crippen molar-refractivity contribution in [3.8, 4) is 0 Å². The van der Waals surface area contributed by atoms with Gasteiger partial charge in [0.1, 0.15) is 6.04 Å². The second-order valence-corrected chi connectivity index (χ2v) is 12.2. The summed E-state index contributed by atoms with van der Waals surface area (Å²) in [6.45, 7) is 7.52. The molecule has 0 aromatic rings. The van der Waals surface area contributed by atoms with Gasteiger partial charge in [-0.05, 0) is 38.5 Å². The fraction of sp³-hybridized carbons (Fsp3) is 0.857. The molecule has 0 aromatic heterocycles. The Morgan fingerprint density at radius 1 is 0.548 bits per heavy atom. The summed E-state index contributed by atoms with van der Waals surface area (Å²) in [6, 6.07) is -3.39. The quantitative estimate of drug-likeness (QED) is 0.0493. The van der Waals surface area contributed by atoms with Crippen molar-refractivity contribution < 1.29 is 34.2 Å². The number of rotatable bonds is 30. The Labute approximate surface area is 257 Å². The molecule has 0 aromatic carbocycles. The highest BCUT2D eigenvalue weighted by Crippen LogP contribution is 2.32. The third-order valence-corrected chi connectivity index (χ3v) is 9.05. The maximum atomic E-state index is 12.3. The highest BCUT2D eigenvalue weighted by atomic mass is 16.4. The molecule has 0 saturated carbocycles. The van der Waals surface area contributed by atoms with Gasteiger partial charge in [0, 0.05) is 19.3 Å². The van der Waals surface area contributed by atoms with Gasteiger partial charge in [-0.2, -0.15) is 0 Å².